The molecule has 1 aromatic carbocycles. The average Bonchev–Trinajstić information content (AvgIpc) is 2.97. The van der Waals surface area contributed by atoms with Gasteiger partial charge < -0.3 is 9.64 Å². The number of aromatic nitrogens is 2. The quantitative estimate of drug-likeness (QED) is 0.508. The summed E-state index contributed by atoms with van der Waals surface area (Å²) in [7, 11) is 3.44. The normalized spacial score (nSPS) is 16.7. The van der Waals surface area contributed by atoms with Gasteiger partial charge in [-0.15, -0.1) is 0 Å². The zero-order valence-electron chi connectivity index (χ0n) is 20.1. The number of unbranched alkanes of at least 4 members (excludes halogenated alkanes) is 2. The summed E-state index contributed by atoms with van der Waals surface area (Å²) in [5, 5.41) is 2.33. The lowest BCUT2D eigenvalue weighted by atomic mass is 10.0. The van der Waals surface area contributed by atoms with Gasteiger partial charge in [0.05, 0.1) is 11.0 Å². The summed E-state index contributed by atoms with van der Waals surface area (Å²) in [6.07, 6.45) is 3.88. The minimum absolute atomic E-state index is 0.223. The van der Waals surface area contributed by atoms with E-state index in [4.69, 9.17) is 4.74 Å². The van der Waals surface area contributed by atoms with Crippen molar-refractivity contribution in [1.29, 1.82) is 0 Å². The number of hydrogen-bond donors (Lipinski definition) is 1. The van der Waals surface area contributed by atoms with Crippen LogP contribution in [0.25, 0.3) is 11.0 Å². The molecule has 0 bridgehead atoms. The van der Waals surface area contributed by atoms with E-state index in [1.54, 1.807) is 23.6 Å². The van der Waals surface area contributed by atoms with Gasteiger partial charge in [-0.1, -0.05) is 12.5 Å². The number of amides is 3. The van der Waals surface area contributed by atoms with Crippen LogP contribution in [0.15, 0.2) is 23.0 Å². The van der Waals surface area contributed by atoms with E-state index in [1.807, 2.05) is 39.0 Å². The van der Waals surface area contributed by atoms with Gasteiger partial charge in [-0.05, 0) is 64.2 Å². The van der Waals surface area contributed by atoms with Crippen LogP contribution in [0.5, 0.6) is 0 Å². The number of piperidine rings is 1. The van der Waals surface area contributed by atoms with Gasteiger partial charge in [0.15, 0.2) is 0 Å². The molecule has 2 heterocycles. The summed E-state index contributed by atoms with van der Waals surface area (Å²) in [5.41, 5.74) is 1.81. The summed E-state index contributed by atoms with van der Waals surface area (Å²) < 4.78 is 8.41. The standard InChI is InChI=1S/C24H34N4O5/c1-24(2,3)33-23(32)26(4)14-8-6-7-9-16-10-11-17-19(15-16)27(5)22(31)28(17)18-12-13-20(29)25-21(18)30/h10-11,15,18H,6-9,12-14H2,1-5H3,(H,25,29,30). The van der Waals surface area contributed by atoms with E-state index >= 15 is 0 Å². The summed E-state index contributed by atoms with van der Waals surface area (Å²) in [6, 6.07) is 5.18. The second kappa shape index (κ2) is 9.80. The topological polar surface area (TPSA) is 103 Å². The Labute approximate surface area is 193 Å². The summed E-state index contributed by atoms with van der Waals surface area (Å²) in [6.45, 7) is 6.19. The minimum Gasteiger partial charge on any atom is -0.444 e. The molecule has 33 heavy (non-hydrogen) atoms. The molecule has 1 atom stereocenters. The highest BCUT2D eigenvalue weighted by Crippen LogP contribution is 2.24. The number of benzene rings is 1. The number of nitrogens with zero attached hydrogens (tertiary/aromatic N) is 3. The first-order valence-electron chi connectivity index (χ1n) is 11.5. The molecule has 1 aromatic heterocycles. The second-order valence-electron chi connectivity index (χ2n) is 9.71. The summed E-state index contributed by atoms with van der Waals surface area (Å²) in [4.78, 5) is 50.2. The molecule has 0 saturated carbocycles. The van der Waals surface area contributed by atoms with Gasteiger partial charge in [0.2, 0.25) is 11.8 Å². The largest absolute Gasteiger partial charge is 0.444 e. The second-order valence-corrected chi connectivity index (χ2v) is 9.71. The molecule has 9 nitrogen and oxygen atoms in total. The molecule has 9 heteroatoms. The van der Waals surface area contributed by atoms with Gasteiger partial charge in [0.25, 0.3) is 0 Å². The van der Waals surface area contributed by atoms with Gasteiger partial charge in [-0.3, -0.25) is 24.0 Å². The number of nitrogens with one attached hydrogen (secondary N) is 1. The predicted octanol–water partition coefficient (Wildman–Crippen LogP) is 2.90. The molecule has 1 fully saturated rings. The highest BCUT2D eigenvalue weighted by molar-refractivity contribution is 6.00. The van der Waals surface area contributed by atoms with Crippen molar-refractivity contribution in [3.63, 3.8) is 0 Å². The summed E-state index contributed by atoms with van der Waals surface area (Å²) in [5.74, 6) is -0.731. The van der Waals surface area contributed by atoms with Gasteiger partial charge in [-0.2, -0.15) is 0 Å². The van der Waals surface area contributed by atoms with Crippen molar-refractivity contribution in [2.75, 3.05) is 13.6 Å². The molecular formula is C24H34N4O5. The van der Waals surface area contributed by atoms with Crippen LogP contribution in [0, 0.1) is 0 Å². The van der Waals surface area contributed by atoms with Crippen LogP contribution in [0.3, 0.4) is 0 Å². The summed E-state index contributed by atoms with van der Waals surface area (Å²) >= 11 is 0. The van der Waals surface area contributed by atoms with Crippen LogP contribution in [-0.2, 0) is 27.8 Å². The lowest BCUT2D eigenvalue weighted by Gasteiger charge is -2.24. The number of hydrogen-bond acceptors (Lipinski definition) is 5. The number of rotatable bonds is 7. The first kappa shape index (κ1) is 24.5. The monoisotopic (exact) mass is 458 g/mol. The van der Waals surface area contributed by atoms with Crippen LogP contribution in [-0.4, -0.2) is 51.1 Å². The van der Waals surface area contributed by atoms with Crippen LogP contribution < -0.4 is 11.0 Å². The van der Waals surface area contributed by atoms with Crippen molar-refractivity contribution in [2.45, 2.75) is 70.9 Å². The molecule has 1 unspecified atom stereocenters. The Morgan fingerprint density at radius 2 is 1.88 bits per heavy atom. The Morgan fingerprint density at radius 1 is 1.15 bits per heavy atom. The Morgan fingerprint density at radius 3 is 2.55 bits per heavy atom. The van der Waals surface area contributed by atoms with Gasteiger partial charge in [-0.25, -0.2) is 9.59 Å². The van der Waals surface area contributed by atoms with E-state index in [0.717, 1.165) is 36.8 Å². The van der Waals surface area contributed by atoms with Crippen molar-refractivity contribution in [2.24, 2.45) is 7.05 Å². The third kappa shape index (κ3) is 5.83. The molecule has 0 spiro atoms. The van der Waals surface area contributed by atoms with Gasteiger partial charge in [0, 0.05) is 27.1 Å². The average molecular weight is 459 g/mol. The Bertz CT molecular complexity index is 1110. The molecule has 1 aliphatic rings. The third-order valence-electron chi connectivity index (χ3n) is 5.84. The first-order chi connectivity index (χ1) is 15.5. The van der Waals surface area contributed by atoms with Crippen LogP contribution in [0.2, 0.25) is 0 Å². The van der Waals surface area contributed by atoms with Crippen molar-refractivity contribution in [1.82, 2.24) is 19.4 Å². The molecule has 3 rings (SSSR count). The zero-order valence-corrected chi connectivity index (χ0v) is 20.1. The Hall–Kier alpha value is -3.10. The van der Waals surface area contributed by atoms with Crippen LogP contribution in [0.1, 0.15) is 64.5 Å². The van der Waals surface area contributed by atoms with Crippen LogP contribution in [0.4, 0.5) is 4.79 Å². The highest BCUT2D eigenvalue weighted by atomic mass is 16.6. The lowest BCUT2D eigenvalue weighted by molar-refractivity contribution is -0.135. The van der Waals surface area contributed by atoms with Crippen molar-refractivity contribution >= 4 is 28.9 Å². The number of fused-ring (bicyclic) bond motifs is 1. The SMILES string of the molecule is CN(CCCCCc1ccc2c(c1)n(C)c(=O)n2C1CCC(=O)NC1=O)C(=O)OC(C)(C)C. The fourth-order valence-electron chi connectivity index (χ4n) is 4.08. The number of imide groups is 1. The fraction of sp³-hybridized carbons (Fsp3) is 0.583. The number of carbonyl (C=O) groups excluding carboxylic acids is 3. The fourth-order valence-corrected chi connectivity index (χ4v) is 4.08. The molecule has 1 aliphatic heterocycles. The molecule has 1 saturated heterocycles. The third-order valence-corrected chi connectivity index (χ3v) is 5.84. The van der Waals surface area contributed by atoms with Gasteiger partial charge >= 0.3 is 11.8 Å². The molecule has 3 amide bonds. The van der Waals surface area contributed by atoms with Crippen molar-refractivity contribution in [3.8, 4) is 0 Å². The number of aryl methyl sites for hydroxylation is 2. The van der Waals surface area contributed by atoms with E-state index in [9.17, 15) is 19.2 Å². The van der Waals surface area contributed by atoms with E-state index in [2.05, 4.69) is 5.32 Å². The number of imidazole rings is 1. The molecule has 0 radical (unpaired) electrons. The smallest absolute Gasteiger partial charge is 0.410 e. The van der Waals surface area contributed by atoms with E-state index in [-0.39, 0.29) is 24.1 Å². The van der Waals surface area contributed by atoms with E-state index in [1.165, 1.54) is 4.57 Å². The van der Waals surface area contributed by atoms with Crippen molar-refractivity contribution in [3.05, 3.63) is 34.2 Å². The van der Waals surface area contributed by atoms with Gasteiger partial charge in [0.1, 0.15) is 11.6 Å². The molecular weight excluding hydrogens is 424 g/mol. The van der Waals surface area contributed by atoms with Crippen molar-refractivity contribution < 1.29 is 19.1 Å². The lowest BCUT2D eigenvalue weighted by Crippen LogP contribution is -2.44. The molecule has 2 aromatic rings. The first-order valence-corrected chi connectivity index (χ1v) is 11.5. The highest BCUT2D eigenvalue weighted by Gasteiger charge is 2.31. The maximum absolute atomic E-state index is 12.8. The minimum atomic E-state index is -0.674. The van der Waals surface area contributed by atoms with Crippen LogP contribution >= 0.6 is 0 Å². The maximum atomic E-state index is 12.8. The maximum Gasteiger partial charge on any atom is 0.410 e. The zero-order chi connectivity index (χ0) is 24.3. The molecule has 1 N–H and O–H groups in total. The Kier molecular flexibility index (Phi) is 7.29. The number of ether oxygens (including phenoxy) is 1. The van der Waals surface area contributed by atoms with E-state index < -0.39 is 17.6 Å². The van der Waals surface area contributed by atoms with E-state index in [0.29, 0.717) is 18.5 Å². The Balaban J connectivity index is 1.59. The molecule has 180 valence electrons. The molecule has 0 aliphatic carbocycles. The number of carbonyl (C=O) groups is 3. The predicted molar refractivity (Wildman–Crippen MR) is 125 cm³/mol.